The molecule has 1 fully saturated rings. The number of nitrogens with zero attached hydrogens (tertiary/aromatic N) is 4. The molecule has 0 amide bonds. The fourth-order valence-electron chi connectivity index (χ4n) is 3.66. The molecular formula is C23H29N7O2S. The van der Waals surface area contributed by atoms with E-state index >= 15 is 0 Å². The average Bonchev–Trinajstić information content (AvgIpc) is 2.81. The third kappa shape index (κ3) is 6.26. The molecule has 1 aromatic heterocycles. The van der Waals surface area contributed by atoms with Gasteiger partial charge in [0.05, 0.1) is 4.90 Å². The Balaban J connectivity index is 1.43. The summed E-state index contributed by atoms with van der Waals surface area (Å²) in [5, 5.41) is 6.48. The monoisotopic (exact) mass is 467 g/mol. The molecule has 174 valence electrons. The smallest absolute Gasteiger partial charge is 0.240 e. The first-order valence-corrected chi connectivity index (χ1v) is 12.3. The second-order valence-corrected chi connectivity index (χ2v) is 9.94. The van der Waals surface area contributed by atoms with Crippen molar-refractivity contribution in [1.29, 1.82) is 0 Å². The molecule has 10 heteroatoms. The van der Waals surface area contributed by atoms with Crippen LogP contribution in [0.1, 0.15) is 5.56 Å². The van der Waals surface area contributed by atoms with Crippen LogP contribution in [0.5, 0.6) is 0 Å². The van der Waals surface area contributed by atoms with Gasteiger partial charge in [0, 0.05) is 50.2 Å². The van der Waals surface area contributed by atoms with Gasteiger partial charge in [-0.2, -0.15) is 0 Å². The molecule has 0 spiro atoms. The molecule has 3 aromatic rings. The molecule has 4 rings (SSSR count). The molecule has 0 radical (unpaired) electrons. The van der Waals surface area contributed by atoms with Crippen LogP contribution in [0.15, 0.2) is 65.8 Å². The summed E-state index contributed by atoms with van der Waals surface area (Å²) in [4.78, 5) is 13.6. The average molecular weight is 468 g/mol. The second-order valence-electron chi connectivity index (χ2n) is 8.05. The second kappa shape index (κ2) is 10.3. The maximum atomic E-state index is 12.1. The van der Waals surface area contributed by atoms with Crippen LogP contribution in [0.2, 0.25) is 0 Å². The van der Waals surface area contributed by atoms with Gasteiger partial charge in [-0.25, -0.2) is 23.1 Å². The predicted molar refractivity (Wildman–Crippen MR) is 131 cm³/mol. The van der Waals surface area contributed by atoms with Crippen molar-refractivity contribution in [3.63, 3.8) is 0 Å². The number of benzene rings is 2. The number of sulfonamides is 1. The molecule has 2 heterocycles. The summed E-state index contributed by atoms with van der Waals surface area (Å²) in [5.41, 5.74) is 2.82. The van der Waals surface area contributed by atoms with E-state index in [1.165, 1.54) is 18.9 Å². The summed E-state index contributed by atoms with van der Waals surface area (Å²) in [6.45, 7) is 5.26. The minimum atomic E-state index is -3.52. The van der Waals surface area contributed by atoms with Gasteiger partial charge < -0.3 is 15.5 Å². The van der Waals surface area contributed by atoms with Gasteiger partial charge in [-0.1, -0.05) is 18.2 Å². The summed E-state index contributed by atoms with van der Waals surface area (Å²) in [7, 11) is 0.0269. The Labute approximate surface area is 194 Å². The van der Waals surface area contributed by atoms with E-state index in [1.54, 1.807) is 30.3 Å². The zero-order chi connectivity index (χ0) is 23.3. The lowest BCUT2D eigenvalue weighted by Gasteiger charge is -2.32. The lowest BCUT2D eigenvalue weighted by Crippen LogP contribution is -2.43. The van der Waals surface area contributed by atoms with Crippen molar-refractivity contribution < 1.29 is 8.42 Å². The first-order valence-electron chi connectivity index (χ1n) is 10.8. The molecule has 0 unspecified atom stereocenters. The molecule has 33 heavy (non-hydrogen) atoms. The lowest BCUT2D eigenvalue weighted by molar-refractivity contribution is 0.148. The summed E-state index contributed by atoms with van der Waals surface area (Å²) in [5.74, 6) is 1.20. The number of anilines is 4. The number of rotatable bonds is 8. The van der Waals surface area contributed by atoms with Crippen molar-refractivity contribution in [3.8, 4) is 0 Å². The van der Waals surface area contributed by atoms with Gasteiger partial charge >= 0.3 is 0 Å². The molecular weight excluding hydrogens is 438 g/mol. The number of aromatic nitrogens is 2. The van der Waals surface area contributed by atoms with E-state index in [1.807, 2.05) is 12.1 Å². The van der Waals surface area contributed by atoms with Gasteiger partial charge in [0.1, 0.15) is 18.0 Å². The van der Waals surface area contributed by atoms with Crippen LogP contribution in [-0.4, -0.2) is 68.5 Å². The Bertz CT molecular complexity index is 1190. The molecule has 0 saturated carbocycles. The number of hydrogen-bond donors (Lipinski definition) is 3. The van der Waals surface area contributed by atoms with Gasteiger partial charge in [-0.05, 0) is 50.0 Å². The van der Waals surface area contributed by atoms with Gasteiger partial charge in [-0.15, -0.1) is 0 Å². The molecule has 1 aliphatic rings. The molecule has 2 aromatic carbocycles. The number of likely N-dealkylation sites (N-methyl/N-ethyl adjacent to an activating group) is 1. The Morgan fingerprint density at radius 2 is 1.52 bits per heavy atom. The maximum absolute atomic E-state index is 12.1. The van der Waals surface area contributed by atoms with E-state index in [-0.39, 0.29) is 4.90 Å². The van der Waals surface area contributed by atoms with Gasteiger partial charge in [0.15, 0.2) is 0 Å². The highest BCUT2D eigenvalue weighted by Crippen LogP contribution is 2.22. The highest BCUT2D eigenvalue weighted by atomic mass is 32.2. The number of piperazine rings is 1. The highest BCUT2D eigenvalue weighted by molar-refractivity contribution is 7.89. The SMILES string of the molecule is CNS(=O)(=O)c1cccc(Nc2cc(Nc3cccc(CN4CCN(C)CC4)c3)ncn2)c1. The summed E-state index contributed by atoms with van der Waals surface area (Å²) < 4.78 is 26.4. The van der Waals surface area contributed by atoms with E-state index in [4.69, 9.17) is 0 Å². The predicted octanol–water partition coefficient (Wildman–Crippen LogP) is 2.62. The Hall–Kier alpha value is -3.05. The first kappa shape index (κ1) is 23.1. The highest BCUT2D eigenvalue weighted by Gasteiger charge is 2.14. The molecule has 3 N–H and O–H groups in total. The largest absolute Gasteiger partial charge is 0.340 e. The zero-order valence-corrected chi connectivity index (χ0v) is 19.6. The molecule has 0 atom stereocenters. The van der Waals surface area contributed by atoms with Crippen molar-refractivity contribution in [2.24, 2.45) is 0 Å². The van der Waals surface area contributed by atoms with E-state index in [9.17, 15) is 8.42 Å². The van der Waals surface area contributed by atoms with Crippen molar-refractivity contribution in [3.05, 3.63) is 66.5 Å². The Morgan fingerprint density at radius 3 is 2.18 bits per heavy atom. The maximum Gasteiger partial charge on any atom is 0.240 e. The fraction of sp³-hybridized carbons (Fsp3) is 0.304. The molecule has 9 nitrogen and oxygen atoms in total. The van der Waals surface area contributed by atoms with Gasteiger partial charge in [0.2, 0.25) is 10.0 Å². The van der Waals surface area contributed by atoms with Gasteiger partial charge in [0.25, 0.3) is 0 Å². The topological polar surface area (TPSA) is 102 Å². The summed E-state index contributed by atoms with van der Waals surface area (Å²) in [6, 6.07) is 16.7. The Kier molecular flexibility index (Phi) is 7.19. The standard InChI is InChI=1S/C23H29N7O2S/c1-24-33(31,32)21-8-4-7-20(14-21)28-23-15-22(25-17-26-23)27-19-6-3-5-18(13-19)16-30-11-9-29(2)10-12-30/h3-8,13-15,17,24H,9-12,16H2,1-2H3,(H2,25,26,27,28). The lowest BCUT2D eigenvalue weighted by atomic mass is 10.1. The van der Waals surface area contributed by atoms with Gasteiger partial charge in [-0.3, -0.25) is 4.90 Å². The van der Waals surface area contributed by atoms with Crippen LogP contribution >= 0.6 is 0 Å². The molecule has 1 saturated heterocycles. The molecule has 0 aliphatic carbocycles. The van der Waals surface area contributed by atoms with Crippen LogP contribution in [0.4, 0.5) is 23.0 Å². The minimum Gasteiger partial charge on any atom is -0.340 e. The van der Waals surface area contributed by atoms with Crippen LogP contribution < -0.4 is 15.4 Å². The van der Waals surface area contributed by atoms with Crippen LogP contribution in [-0.2, 0) is 16.6 Å². The first-order chi connectivity index (χ1) is 15.9. The zero-order valence-electron chi connectivity index (χ0n) is 18.8. The van der Waals surface area contributed by atoms with E-state index in [2.05, 4.69) is 54.3 Å². The van der Waals surface area contributed by atoms with Crippen LogP contribution in [0, 0.1) is 0 Å². The number of nitrogens with one attached hydrogen (secondary N) is 3. The van der Waals surface area contributed by atoms with Crippen molar-refractivity contribution >= 4 is 33.0 Å². The third-order valence-electron chi connectivity index (χ3n) is 5.55. The Morgan fingerprint density at radius 1 is 0.879 bits per heavy atom. The quantitative estimate of drug-likeness (QED) is 0.465. The van der Waals surface area contributed by atoms with E-state index < -0.39 is 10.0 Å². The van der Waals surface area contributed by atoms with E-state index in [0.29, 0.717) is 17.3 Å². The fourth-order valence-corrected chi connectivity index (χ4v) is 4.44. The van der Waals surface area contributed by atoms with Crippen molar-refractivity contribution in [2.45, 2.75) is 11.4 Å². The number of hydrogen-bond acceptors (Lipinski definition) is 8. The summed E-state index contributed by atoms with van der Waals surface area (Å²) in [6.07, 6.45) is 1.47. The molecule has 1 aliphatic heterocycles. The summed E-state index contributed by atoms with van der Waals surface area (Å²) >= 11 is 0. The van der Waals surface area contributed by atoms with Crippen LogP contribution in [0.25, 0.3) is 0 Å². The van der Waals surface area contributed by atoms with E-state index in [0.717, 1.165) is 38.4 Å². The van der Waals surface area contributed by atoms with Crippen LogP contribution in [0.3, 0.4) is 0 Å². The normalized spacial score (nSPS) is 15.3. The molecule has 0 bridgehead atoms. The van der Waals surface area contributed by atoms with Crippen molar-refractivity contribution in [2.75, 3.05) is 50.9 Å². The minimum absolute atomic E-state index is 0.180. The third-order valence-corrected chi connectivity index (χ3v) is 6.97. The van der Waals surface area contributed by atoms with Crippen molar-refractivity contribution in [1.82, 2.24) is 24.5 Å².